The van der Waals surface area contributed by atoms with E-state index in [9.17, 15) is 8.78 Å². The summed E-state index contributed by atoms with van der Waals surface area (Å²) in [5.41, 5.74) is 1.06. The van der Waals surface area contributed by atoms with Crippen molar-refractivity contribution in [3.8, 4) is 0 Å². The highest BCUT2D eigenvalue weighted by Crippen LogP contribution is 2.39. The lowest BCUT2D eigenvalue weighted by atomic mass is 9.70. The second kappa shape index (κ2) is 7.85. The van der Waals surface area contributed by atoms with E-state index in [1.54, 1.807) is 13.2 Å². The molecular formula is C17H25F2NO. The third-order valence-electron chi connectivity index (χ3n) is 4.46. The van der Waals surface area contributed by atoms with Crippen LogP contribution < -0.4 is 5.32 Å². The van der Waals surface area contributed by atoms with Gasteiger partial charge in [0.2, 0.25) is 0 Å². The van der Waals surface area contributed by atoms with Crippen molar-refractivity contribution in [3.05, 3.63) is 35.4 Å². The number of rotatable bonds is 7. The van der Waals surface area contributed by atoms with Gasteiger partial charge in [0, 0.05) is 20.2 Å². The number of hydrogen-bond acceptors (Lipinski definition) is 2. The minimum absolute atomic E-state index is 0.163. The van der Waals surface area contributed by atoms with Gasteiger partial charge in [-0.25, -0.2) is 8.78 Å². The molecule has 1 aliphatic carbocycles. The van der Waals surface area contributed by atoms with Gasteiger partial charge < -0.3 is 10.1 Å². The molecular weight excluding hydrogens is 272 g/mol. The highest BCUT2D eigenvalue weighted by atomic mass is 19.2. The molecule has 1 aromatic rings. The Morgan fingerprint density at radius 3 is 2.57 bits per heavy atom. The maximum atomic E-state index is 13.4. The lowest BCUT2D eigenvalue weighted by Crippen LogP contribution is -2.39. The van der Waals surface area contributed by atoms with Crippen molar-refractivity contribution < 1.29 is 13.5 Å². The van der Waals surface area contributed by atoms with Crippen molar-refractivity contribution in [1.82, 2.24) is 5.32 Å². The summed E-state index contributed by atoms with van der Waals surface area (Å²) < 4.78 is 31.5. The Hall–Kier alpha value is -1.00. The fourth-order valence-corrected chi connectivity index (χ4v) is 3.33. The zero-order valence-electron chi connectivity index (χ0n) is 12.8. The molecule has 0 amide bonds. The second-order valence-electron chi connectivity index (χ2n) is 6.16. The van der Waals surface area contributed by atoms with Crippen LogP contribution in [0.1, 0.15) is 37.7 Å². The molecule has 0 spiro atoms. The van der Waals surface area contributed by atoms with Crippen molar-refractivity contribution in [3.63, 3.8) is 0 Å². The van der Waals surface area contributed by atoms with Gasteiger partial charge in [-0.2, -0.15) is 0 Å². The van der Waals surface area contributed by atoms with Crippen molar-refractivity contribution >= 4 is 0 Å². The molecule has 0 bridgehead atoms. The van der Waals surface area contributed by atoms with Crippen LogP contribution >= 0.6 is 0 Å². The largest absolute Gasteiger partial charge is 0.383 e. The van der Waals surface area contributed by atoms with E-state index in [0.29, 0.717) is 6.61 Å². The molecule has 2 rings (SSSR count). The zero-order valence-corrected chi connectivity index (χ0v) is 12.8. The van der Waals surface area contributed by atoms with Crippen molar-refractivity contribution in [1.29, 1.82) is 0 Å². The number of halogens is 2. The summed E-state index contributed by atoms with van der Waals surface area (Å²) in [7, 11) is 1.69. The van der Waals surface area contributed by atoms with E-state index in [1.807, 2.05) is 0 Å². The molecule has 21 heavy (non-hydrogen) atoms. The smallest absolute Gasteiger partial charge is 0.159 e. The van der Waals surface area contributed by atoms with E-state index >= 15 is 0 Å². The van der Waals surface area contributed by atoms with Crippen LogP contribution in [0.3, 0.4) is 0 Å². The quantitative estimate of drug-likeness (QED) is 0.775. The Morgan fingerprint density at radius 1 is 1.14 bits per heavy atom. The molecule has 1 N–H and O–H groups in total. The van der Waals surface area contributed by atoms with Gasteiger partial charge in [-0.15, -0.1) is 0 Å². The number of methoxy groups -OCH3 is 1. The van der Waals surface area contributed by atoms with E-state index in [1.165, 1.54) is 31.4 Å². The monoisotopic (exact) mass is 297 g/mol. The number of ether oxygens (including phenoxy) is 1. The van der Waals surface area contributed by atoms with Gasteiger partial charge in [0.15, 0.2) is 11.6 Å². The zero-order chi connectivity index (χ0) is 15.1. The van der Waals surface area contributed by atoms with E-state index in [2.05, 4.69) is 5.32 Å². The van der Waals surface area contributed by atoms with Crippen LogP contribution in [-0.2, 0) is 11.2 Å². The predicted octanol–water partition coefficient (Wildman–Crippen LogP) is 3.69. The summed E-state index contributed by atoms with van der Waals surface area (Å²) >= 11 is 0. The van der Waals surface area contributed by atoms with Crippen molar-refractivity contribution in [2.75, 3.05) is 26.8 Å². The molecule has 0 atom stereocenters. The van der Waals surface area contributed by atoms with Gasteiger partial charge in [0.25, 0.3) is 0 Å². The van der Waals surface area contributed by atoms with Gasteiger partial charge in [0.1, 0.15) is 0 Å². The summed E-state index contributed by atoms with van der Waals surface area (Å²) in [5.74, 6) is -1.51. The third kappa shape index (κ3) is 4.75. The Balaban J connectivity index is 2.02. The first kappa shape index (κ1) is 16.4. The molecule has 0 aromatic heterocycles. The van der Waals surface area contributed by atoms with Gasteiger partial charge in [-0.1, -0.05) is 25.3 Å². The van der Waals surface area contributed by atoms with Crippen LogP contribution in [-0.4, -0.2) is 26.8 Å². The first-order chi connectivity index (χ1) is 10.2. The lowest BCUT2D eigenvalue weighted by Gasteiger charge is -2.38. The average Bonchev–Trinajstić information content (AvgIpc) is 2.49. The predicted molar refractivity (Wildman–Crippen MR) is 80.3 cm³/mol. The van der Waals surface area contributed by atoms with E-state index in [0.717, 1.165) is 37.9 Å². The van der Waals surface area contributed by atoms with Crippen LogP contribution in [0.15, 0.2) is 18.2 Å². The van der Waals surface area contributed by atoms with Gasteiger partial charge in [-0.3, -0.25) is 0 Å². The second-order valence-corrected chi connectivity index (χ2v) is 6.16. The molecule has 1 saturated carbocycles. The molecule has 0 aliphatic heterocycles. The van der Waals surface area contributed by atoms with Crippen LogP contribution in [0.25, 0.3) is 0 Å². The minimum atomic E-state index is -0.769. The summed E-state index contributed by atoms with van der Waals surface area (Å²) in [6, 6.07) is 4.30. The van der Waals surface area contributed by atoms with E-state index in [-0.39, 0.29) is 5.41 Å². The van der Waals surface area contributed by atoms with E-state index < -0.39 is 11.6 Å². The van der Waals surface area contributed by atoms with Crippen LogP contribution in [0, 0.1) is 17.0 Å². The number of hydrogen-bond donors (Lipinski definition) is 1. The molecule has 0 heterocycles. The number of benzene rings is 1. The molecule has 1 aromatic carbocycles. The standard InChI is InChI=1S/C17H25F2NO/c1-21-10-9-20-13-17(7-3-2-4-8-17)12-14-5-6-15(18)16(19)11-14/h5-6,11,20H,2-4,7-10,12-13H2,1H3. The van der Waals surface area contributed by atoms with Gasteiger partial charge in [-0.05, 0) is 42.4 Å². The molecule has 0 unspecified atom stereocenters. The highest BCUT2D eigenvalue weighted by Gasteiger charge is 2.32. The summed E-state index contributed by atoms with van der Waals surface area (Å²) in [6.07, 6.45) is 6.81. The number of nitrogens with one attached hydrogen (secondary N) is 1. The fourth-order valence-electron chi connectivity index (χ4n) is 3.33. The van der Waals surface area contributed by atoms with Crippen LogP contribution in [0.5, 0.6) is 0 Å². The van der Waals surface area contributed by atoms with Gasteiger partial charge >= 0.3 is 0 Å². The Morgan fingerprint density at radius 2 is 1.90 bits per heavy atom. The summed E-state index contributed by atoms with van der Waals surface area (Å²) in [5, 5.41) is 3.45. The van der Waals surface area contributed by atoms with Crippen molar-refractivity contribution in [2.24, 2.45) is 5.41 Å². The normalized spacial score (nSPS) is 17.9. The minimum Gasteiger partial charge on any atom is -0.383 e. The Bertz CT molecular complexity index is 444. The first-order valence-electron chi connectivity index (χ1n) is 7.79. The molecule has 0 saturated heterocycles. The molecule has 1 fully saturated rings. The molecule has 2 nitrogen and oxygen atoms in total. The maximum absolute atomic E-state index is 13.4. The molecule has 0 radical (unpaired) electrons. The molecule has 118 valence electrons. The third-order valence-corrected chi connectivity index (χ3v) is 4.46. The van der Waals surface area contributed by atoms with Crippen LogP contribution in [0.2, 0.25) is 0 Å². The highest BCUT2D eigenvalue weighted by molar-refractivity contribution is 5.19. The maximum Gasteiger partial charge on any atom is 0.159 e. The first-order valence-corrected chi connectivity index (χ1v) is 7.79. The molecule has 1 aliphatic rings. The van der Waals surface area contributed by atoms with Crippen molar-refractivity contribution in [2.45, 2.75) is 38.5 Å². The summed E-state index contributed by atoms with van der Waals surface area (Å²) in [6.45, 7) is 2.44. The van der Waals surface area contributed by atoms with E-state index in [4.69, 9.17) is 4.74 Å². The fraction of sp³-hybridized carbons (Fsp3) is 0.647. The molecule has 4 heteroatoms. The summed E-state index contributed by atoms with van der Waals surface area (Å²) in [4.78, 5) is 0. The Kier molecular flexibility index (Phi) is 6.12. The SMILES string of the molecule is COCCNCC1(Cc2ccc(F)c(F)c2)CCCCC1. The topological polar surface area (TPSA) is 21.3 Å². The van der Waals surface area contributed by atoms with Gasteiger partial charge in [0.05, 0.1) is 6.61 Å². The average molecular weight is 297 g/mol. The van der Waals surface area contributed by atoms with Crippen LogP contribution in [0.4, 0.5) is 8.78 Å². The lowest BCUT2D eigenvalue weighted by molar-refractivity contribution is 0.162. The Labute approximate surface area is 125 Å².